The minimum absolute atomic E-state index is 0.379. The summed E-state index contributed by atoms with van der Waals surface area (Å²) in [6.07, 6.45) is 0. The number of para-hydroxylation sites is 1. The number of benzene rings is 2. The molecule has 1 amide bonds. The van der Waals surface area contributed by atoms with E-state index in [9.17, 15) is 4.79 Å². The third-order valence-corrected chi connectivity index (χ3v) is 3.16. The first-order chi connectivity index (χ1) is 9.49. The fourth-order valence-electron chi connectivity index (χ4n) is 2.13. The lowest BCUT2D eigenvalue weighted by molar-refractivity contribution is 0.100. The highest BCUT2D eigenvalue weighted by Gasteiger charge is 2.11. The van der Waals surface area contributed by atoms with Crippen molar-refractivity contribution in [3.63, 3.8) is 0 Å². The molecule has 2 aromatic rings. The Bertz CT molecular complexity index is 635. The van der Waals surface area contributed by atoms with Gasteiger partial charge in [-0.1, -0.05) is 32.0 Å². The van der Waals surface area contributed by atoms with E-state index < -0.39 is 5.91 Å². The Hall–Kier alpha value is -2.49. The van der Waals surface area contributed by atoms with Crippen molar-refractivity contribution in [3.8, 4) is 0 Å². The van der Waals surface area contributed by atoms with Gasteiger partial charge in [0.15, 0.2) is 0 Å². The number of rotatable bonds is 4. The van der Waals surface area contributed by atoms with Crippen molar-refractivity contribution >= 4 is 23.0 Å². The van der Waals surface area contributed by atoms with Crippen LogP contribution in [0.4, 0.5) is 17.1 Å². The van der Waals surface area contributed by atoms with E-state index >= 15 is 0 Å². The van der Waals surface area contributed by atoms with E-state index in [2.05, 4.69) is 25.2 Å². The van der Waals surface area contributed by atoms with Gasteiger partial charge in [-0.15, -0.1) is 0 Å². The summed E-state index contributed by atoms with van der Waals surface area (Å²) in [5.74, 6) is -0.119. The van der Waals surface area contributed by atoms with Crippen LogP contribution in [0.15, 0.2) is 42.5 Å². The van der Waals surface area contributed by atoms with Crippen LogP contribution >= 0.6 is 0 Å². The van der Waals surface area contributed by atoms with Gasteiger partial charge >= 0.3 is 0 Å². The van der Waals surface area contributed by atoms with E-state index in [0.717, 1.165) is 5.69 Å². The number of primary amides is 1. The van der Waals surface area contributed by atoms with E-state index in [4.69, 9.17) is 11.5 Å². The first-order valence-corrected chi connectivity index (χ1v) is 6.54. The molecular weight excluding hydrogens is 250 g/mol. The topological polar surface area (TPSA) is 81.1 Å². The SMILES string of the molecule is CC(C)c1ccccc1Nc1ccc(N)cc1C(N)=O. The van der Waals surface area contributed by atoms with Crippen LogP contribution in [0.1, 0.15) is 35.7 Å². The van der Waals surface area contributed by atoms with Gasteiger partial charge in [0.25, 0.3) is 5.91 Å². The maximum Gasteiger partial charge on any atom is 0.250 e. The number of hydrogen-bond donors (Lipinski definition) is 3. The molecule has 0 radical (unpaired) electrons. The second-order valence-corrected chi connectivity index (χ2v) is 5.04. The normalized spacial score (nSPS) is 10.6. The van der Waals surface area contributed by atoms with Crippen LogP contribution in [0.25, 0.3) is 0 Å². The van der Waals surface area contributed by atoms with Crippen LogP contribution in [0.3, 0.4) is 0 Å². The number of nitrogen functional groups attached to an aromatic ring is 1. The second kappa shape index (κ2) is 5.65. The molecule has 4 heteroatoms. The third-order valence-electron chi connectivity index (χ3n) is 3.16. The predicted octanol–water partition coefficient (Wildman–Crippen LogP) is 3.23. The van der Waals surface area contributed by atoms with Gasteiger partial charge in [0.05, 0.1) is 11.3 Å². The molecule has 0 spiro atoms. The van der Waals surface area contributed by atoms with E-state index in [0.29, 0.717) is 22.9 Å². The zero-order valence-electron chi connectivity index (χ0n) is 11.7. The van der Waals surface area contributed by atoms with Crippen LogP contribution in [0.5, 0.6) is 0 Å². The molecule has 4 nitrogen and oxygen atoms in total. The highest BCUT2D eigenvalue weighted by molar-refractivity contribution is 6.00. The lowest BCUT2D eigenvalue weighted by Gasteiger charge is -2.16. The van der Waals surface area contributed by atoms with Crippen LogP contribution in [0, 0.1) is 0 Å². The first-order valence-electron chi connectivity index (χ1n) is 6.54. The molecule has 0 aliphatic carbocycles. The molecule has 0 aromatic heterocycles. The van der Waals surface area contributed by atoms with E-state index in [1.807, 2.05) is 18.2 Å². The van der Waals surface area contributed by atoms with Crippen molar-refractivity contribution < 1.29 is 4.79 Å². The van der Waals surface area contributed by atoms with Crippen molar-refractivity contribution in [3.05, 3.63) is 53.6 Å². The molecule has 0 saturated heterocycles. The molecule has 0 fully saturated rings. The Kier molecular flexibility index (Phi) is 3.94. The van der Waals surface area contributed by atoms with Gasteiger partial charge in [0, 0.05) is 11.4 Å². The lowest BCUT2D eigenvalue weighted by atomic mass is 10.0. The molecular formula is C16H19N3O. The Morgan fingerprint density at radius 2 is 1.80 bits per heavy atom. The van der Waals surface area contributed by atoms with Crippen molar-refractivity contribution in [1.82, 2.24) is 0 Å². The number of carbonyl (C=O) groups excluding carboxylic acids is 1. The third kappa shape index (κ3) is 2.91. The fraction of sp³-hybridized carbons (Fsp3) is 0.188. The van der Waals surface area contributed by atoms with E-state index in [1.165, 1.54) is 5.56 Å². The number of nitrogens with two attached hydrogens (primary N) is 2. The summed E-state index contributed by atoms with van der Waals surface area (Å²) in [7, 11) is 0. The summed E-state index contributed by atoms with van der Waals surface area (Å²) in [6.45, 7) is 4.25. The summed E-state index contributed by atoms with van der Waals surface area (Å²) in [5.41, 5.74) is 14.8. The first kappa shape index (κ1) is 13.9. The predicted molar refractivity (Wildman–Crippen MR) is 83.2 cm³/mol. The number of carbonyl (C=O) groups is 1. The highest BCUT2D eigenvalue weighted by Crippen LogP contribution is 2.29. The van der Waals surface area contributed by atoms with E-state index in [-0.39, 0.29) is 0 Å². The molecule has 0 saturated carbocycles. The average Bonchev–Trinajstić information content (AvgIpc) is 2.41. The summed E-state index contributed by atoms with van der Waals surface area (Å²) in [6, 6.07) is 13.1. The maximum atomic E-state index is 11.5. The fourth-order valence-corrected chi connectivity index (χ4v) is 2.13. The minimum Gasteiger partial charge on any atom is -0.399 e. The molecule has 2 aromatic carbocycles. The van der Waals surface area contributed by atoms with E-state index in [1.54, 1.807) is 18.2 Å². The molecule has 0 aliphatic rings. The summed E-state index contributed by atoms with van der Waals surface area (Å²) >= 11 is 0. The van der Waals surface area contributed by atoms with Gasteiger partial charge in [-0.2, -0.15) is 0 Å². The zero-order valence-corrected chi connectivity index (χ0v) is 11.7. The molecule has 2 rings (SSSR count). The molecule has 104 valence electrons. The number of hydrogen-bond acceptors (Lipinski definition) is 3. The highest BCUT2D eigenvalue weighted by atomic mass is 16.1. The molecule has 5 N–H and O–H groups in total. The Morgan fingerprint density at radius 3 is 2.45 bits per heavy atom. The van der Waals surface area contributed by atoms with Crippen molar-refractivity contribution in [2.45, 2.75) is 19.8 Å². The Balaban J connectivity index is 2.43. The van der Waals surface area contributed by atoms with Gasteiger partial charge < -0.3 is 16.8 Å². The average molecular weight is 269 g/mol. The van der Waals surface area contributed by atoms with Crippen LogP contribution < -0.4 is 16.8 Å². The van der Waals surface area contributed by atoms with Gasteiger partial charge in [-0.25, -0.2) is 0 Å². The summed E-state index contributed by atoms with van der Waals surface area (Å²) in [4.78, 5) is 11.5. The summed E-state index contributed by atoms with van der Waals surface area (Å²) < 4.78 is 0. The quantitative estimate of drug-likeness (QED) is 0.745. The number of amides is 1. The van der Waals surface area contributed by atoms with Gasteiger partial charge in [-0.3, -0.25) is 4.79 Å². The molecule has 0 aliphatic heterocycles. The van der Waals surface area contributed by atoms with Crippen molar-refractivity contribution in [2.75, 3.05) is 11.1 Å². The lowest BCUT2D eigenvalue weighted by Crippen LogP contribution is -2.14. The molecule has 0 heterocycles. The smallest absolute Gasteiger partial charge is 0.250 e. The van der Waals surface area contributed by atoms with Crippen LogP contribution in [-0.4, -0.2) is 5.91 Å². The van der Waals surface area contributed by atoms with Gasteiger partial charge in [0.2, 0.25) is 0 Å². The second-order valence-electron chi connectivity index (χ2n) is 5.04. The van der Waals surface area contributed by atoms with Crippen LogP contribution in [-0.2, 0) is 0 Å². The Labute approximate surface area is 118 Å². The number of nitrogens with one attached hydrogen (secondary N) is 1. The maximum absolute atomic E-state index is 11.5. The molecule has 0 unspecified atom stereocenters. The zero-order chi connectivity index (χ0) is 14.7. The molecule has 0 bridgehead atoms. The minimum atomic E-state index is -0.498. The number of anilines is 3. The van der Waals surface area contributed by atoms with Gasteiger partial charge in [0.1, 0.15) is 0 Å². The molecule has 0 atom stereocenters. The van der Waals surface area contributed by atoms with Crippen LogP contribution in [0.2, 0.25) is 0 Å². The van der Waals surface area contributed by atoms with Gasteiger partial charge in [-0.05, 0) is 35.7 Å². The molecule has 20 heavy (non-hydrogen) atoms. The largest absolute Gasteiger partial charge is 0.399 e. The van der Waals surface area contributed by atoms with Crippen molar-refractivity contribution in [2.24, 2.45) is 5.73 Å². The van der Waals surface area contributed by atoms with Crippen molar-refractivity contribution in [1.29, 1.82) is 0 Å². The monoisotopic (exact) mass is 269 g/mol. The standard InChI is InChI=1S/C16H19N3O/c1-10(2)12-5-3-4-6-14(12)19-15-8-7-11(17)9-13(15)16(18)20/h3-10,19H,17H2,1-2H3,(H2,18,20). The Morgan fingerprint density at radius 1 is 1.10 bits per heavy atom. The summed E-state index contributed by atoms with van der Waals surface area (Å²) in [5, 5.41) is 3.27.